The maximum Gasteiger partial charge on any atom is 0.0475 e. The van der Waals surface area contributed by atoms with Gasteiger partial charge in [0.1, 0.15) is 0 Å². The smallest absolute Gasteiger partial charge is 0.0475 e. The van der Waals surface area contributed by atoms with E-state index in [0.29, 0.717) is 0 Å². The van der Waals surface area contributed by atoms with Crippen LogP contribution >= 0.6 is 0 Å². The van der Waals surface area contributed by atoms with E-state index in [1.807, 2.05) is 30.6 Å². The molecule has 0 aliphatic carbocycles. The van der Waals surface area contributed by atoms with Crippen LogP contribution in [0.4, 0.5) is 5.69 Å². The maximum absolute atomic E-state index is 4.23. The number of hydrogen-bond acceptors (Lipinski definition) is 2. The fourth-order valence-electron chi connectivity index (χ4n) is 1.99. The number of aliphatic imine (C=N–C) groups is 1. The van der Waals surface area contributed by atoms with Crippen molar-refractivity contribution < 1.29 is 0 Å². The summed E-state index contributed by atoms with van der Waals surface area (Å²) in [6.07, 6.45) is 5.50. The summed E-state index contributed by atoms with van der Waals surface area (Å²) < 4.78 is 0. The van der Waals surface area contributed by atoms with Crippen molar-refractivity contribution in [2.24, 2.45) is 4.99 Å². The molecule has 82 valence electrons. The summed E-state index contributed by atoms with van der Waals surface area (Å²) in [7, 11) is 0. The lowest BCUT2D eigenvalue weighted by Crippen LogP contribution is -1.94. The number of anilines is 1. The minimum atomic E-state index is 1.09. The number of rotatable bonds is 1. The van der Waals surface area contributed by atoms with E-state index in [1.165, 1.54) is 11.1 Å². The van der Waals surface area contributed by atoms with Gasteiger partial charge in [-0.15, -0.1) is 0 Å². The first-order chi connectivity index (χ1) is 8.45. The monoisotopic (exact) mass is 220 g/mol. The fourth-order valence-corrected chi connectivity index (χ4v) is 1.99. The van der Waals surface area contributed by atoms with Gasteiger partial charge in [-0.2, -0.15) is 0 Å². The first kappa shape index (κ1) is 9.85. The van der Waals surface area contributed by atoms with E-state index < -0.39 is 0 Å². The average molecular weight is 220 g/mol. The quantitative estimate of drug-likeness (QED) is 0.779. The van der Waals surface area contributed by atoms with E-state index in [4.69, 9.17) is 0 Å². The molecule has 0 saturated carbocycles. The highest BCUT2D eigenvalue weighted by atomic mass is 14.9. The molecule has 1 heterocycles. The molecule has 0 amide bonds. The second-order valence-corrected chi connectivity index (χ2v) is 3.87. The molecule has 0 bridgehead atoms. The molecule has 1 N–H and O–H groups in total. The Balaban J connectivity index is 2.19. The van der Waals surface area contributed by atoms with E-state index >= 15 is 0 Å². The Labute approximate surface area is 100 Å². The summed E-state index contributed by atoms with van der Waals surface area (Å²) in [6.45, 7) is 0. The lowest BCUT2D eigenvalue weighted by atomic mass is 9.99. The third-order valence-electron chi connectivity index (χ3n) is 2.79. The SMILES string of the molecule is C1=CNc2cccc(-c3ccccc3)c2C=N1. The first-order valence-electron chi connectivity index (χ1n) is 5.58. The van der Waals surface area contributed by atoms with Crippen LogP contribution in [0.1, 0.15) is 5.56 Å². The molecule has 2 nitrogen and oxygen atoms in total. The van der Waals surface area contributed by atoms with Crippen molar-refractivity contribution >= 4 is 11.9 Å². The minimum Gasteiger partial charge on any atom is -0.360 e. The summed E-state index contributed by atoms with van der Waals surface area (Å²) in [5, 5.41) is 3.23. The molecule has 0 spiro atoms. The van der Waals surface area contributed by atoms with Gasteiger partial charge in [0, 0.05) is 29.9 Å². The third kappa shape index (κ3) is 1.85. The van der Waals surface area contributed by atoms with Crippen molar-refractivity contribution in [3.05, 3.63) is 66.5 Å². The molecule has 2 aromatic rings. The van der Waals surface area contributed by atoms with Gasteiger partial charge >= 0.3 is 0 Å². The van der Waals surface area contributed by atoms with Crippen molar-refractivity contribution in [3.8, 4) is 11.1 Å². The van der Waals surface area contributed by atoms with Crippen LogP contribution in [0.3, 0.4) is 0 Å². The summed E-state index contributed by atoms with van der Waals surface area (Å²) >= 11 is 0. The van der Waals surface area contributed by atoms with Crippen LogP contribution in [0, 0.1) is 0 Å². The number of fused-ring (bicyclic) bond motifs is 1. The lowest BCUT2D eigenvalue weighted by molar-refractivity contribution is 1.55. The molecule has 0 aromatic heterocycles. The lowest BCUT2D eigenvalue weighted by Gasteiger charge is -2.10. The average Bonchev–Trinajstić information content (AvgIpc) is 2.64. The molecule has 0 fully saturated rings. The van der Waals surface area contributed by atoms with Crippen LogP contribution < -0.4 is 5.32 Å². The van der Waals surface area contributed by atoms with Crippen molar-refractivity contribution in [1.29, 1.82) is 0 Å². The highest BCUT2D eigenvalue weighted by molar-refractivity contribution is 5.97. The molecule has 17 heavy (non-hydrogen) atoms. The van der Waals surface area contributed by atoms with Crippen LogP contribution in [0.25, 0.3) is 11.1 Å². The second-order valence-electron chi connectivity index (χ2n) is 3.87. The first-order valence-corrected chi connectivity index (χ1v) is 5.58. The predicted molar refractivity (Wildman–Crippen MR) is 72.2 cm³/mol. The van der Waals surface area contributed by atoms with Crippen LogP contribution in [-0.4, -0.2) is 6.21 Å². The highest BCUT2D eigenvalue weighted by Gasteiger charge is 2.08. The van der Waals surface area contributed by atoms with Gasteiger partial charge in [-0.3, -0.25) is 4.99 Å². The van der Waals surface area contributed by atoms with Crippen molar-refractivity contribution in [2.45, 2.75) is 0 Å². The van der Waals surface area contributed by atoms with Gasteiger partial charge in [0.25, 0.3) is 0 Å². The van der Waals surface area contributed by atoms with Crippen molar-refractivity contribution in [3.63, 3.8) is 0 Å². The van der Waals surface area contributed by atoms with Crippen LogP contribution in [-0.2, 0) is 0 Å². The summed E-state index contributed by atoms with van der Waals surface area (Å²) in [6, 6.07) is 16.6. The normalized spacial score (nSPS) is 12.7. The zero-order chi connectivity index (χ0) is 11.5. The molecule has 2 heteroatoms. The number of nitrogens with zero attached hydrogens (tertiary/aromatic N) is 1. The van der Waals surface area contributed by atoms with Crippen molar-refractivity contribution in [2.75, 3.05) is 5.32 Å². The Kier molecular flexibility index (Phi) is 2.47. The van der Waals surface area contributed by atoms with Gasteiger partial charge in [0.15, 0.2) is 0 Å². The largest absolute Gasteiger partial charge is 0.360 e. The molecule has 0 saturated heterocycles. The number of nitrogens with one attached hydrogen (secondary N) is 1. The zero-order valence-corrected chi connectivity index (χ0v) is 9.30. The highest BCUT2D eigenvalue weighted by Crippen LogP contribution is 2.28. The van der Waals surface area contributed by atoms with E-state index in [-0.39, 0.29) is 0 Å². The molecule has 2 aromatic carbocycles. The van der Waals surface area contributed by atoms with E-state index in [1.54, 1.807) is 6.20 Å². The maximum atomic E-state index is 4.23. The topological polar surface area (TPSA) is 24.4 Å². The fraction of sp³-hybridized carbons (Fsp3) is 0. The van der Waals surface area contributed by atoms with E-state index in [2.05, 4.69) is 40.6 Å². The van der Waals surface area contributed by atoms with E-state index in [9.17, 15) is 0 Å². The third-order valence-corrected chi connectivity index (χ3v) is 2.79. The Morgan fingerprint density at radius 2 is 1.76 bits per heavy atom. The molecule has 1 aliphatic rings. The molecular formula is C15H12N2. The van der Waals surface area contributed by atoms with Gasteiger partial charge in [-0.25, -0.2) is 0 Å². The summed E-state index contributed by atoms with van der Waals surface area (Å²) in [5.74, 6) is 0. The molecule has 0 unspecified atom stereocenters. The van der Waals surface area contributed by atoms with Crippen molar-refractivity contribution in [1.82, 2.24) is 0 Å². The minimum absolute atomic E-state index is 1.09. The van der Waals surface area contributed by atoms with Gasteiger partial charge in [0.2, 0.25) is 0 Å². The number of hydrogen-bond donors (Lipinski definition) is 1. The molecule has 3 rings (SSSR count). The van der Waals surface area contributed by atoms with Gasteiger partial charge in [-0.1, -0.05) is 42.5 Å². The zero-order valence-electron chi connectivity index (χ0n) is 9.30. The van der Waals surface area contributed by atoms with Gasteiger partial charge < -0.3 is 5.32 Å². The Hall–Kier alpha value is -2.35. The predicted octanol–water partition coefficient (Wildman–Crippen LogP) is 3.67. The Morgan fingerprint density at radius 1 is 0.882 bits per heavy atom. The standard InChI is InChI=1S/C15H12N2/c1-2-5-12(6-3-1)13-7-4-8-15-14(13)11-16-9-10-17-15/h1-11,17H. The molecule has 1 aliphatic heterocycles. The van der Waals surface area contributed by atoms with Crippen LogP contribution in [0.2, 0.25) is 0 Å². The van der Waals surface area contributed by atoms with Crippen LogP contribution in [0.15, 0.2) is 65.9 Å². The summed E-state index contributed by atoms with van der Waals surface area (Å²) in [4.78, 5) is 4.23. The molecule has 0 radical (unpaired) electrons. The van der Waals surface area contributed by atoms with Crippen LogP contribution in [0.5, 0.6) is 0 Å². The number of benzene rings is 2. The molecule has 0 atom stereocenters. The van der Waals surface area contributed by atoms with Gasteiger partial charge in [0.05, 0.1) is 0 Å². The Bertz CT molecular complexity index is 583. The van der Waals surface area contributed by atoms with E-state index in [0.717, 1.165) is 11.3 Å². The Morgan fingerprint density at radius 3 is 2.65 bits per heavy atom. The van der Waals surface area contributed by atoms with Gasteiger partial charge in [-0.05, 0) is 17.2 Å². The summed E-state index contributed by atoms with van der Waals surface area (Å²) in [5.41, 5.74) is 4.62. The second kappa shape index (κ2) is 4.26. The molecular weight excluding hydrogens is 208 g/mol.